The number of ketones is 1. The molecule has 1 aliphatic rings. The Labute approximate surface area is 109 Å². The Bertz CT molecular complexity index is 531. The number of amides is 1. The Hall–Kier alpha value is -1.82. The van der Waals surface area contributed by atoms with Crippen LogP contribution in [0.15, 0.2) is 12.1 Å². The molecule has 0 saturated heterocycles. The number of unbranched alkanes of at least 4 members (excludes halogenated alkanes) is 1. The van der Waals surface area contributed by atoms with E-state index in [1.54, 1.807) is 7.11 Å². The lowest BCUT2D eigenvalue weighted by atomic mass is 10.1. The summed E-state index contributed by atoms with van der Waals surface area (Å²) >= 11 is 0. The van der Waals surface area contributed by atoms with E-state index in [0.29, 0.717) is 19.4 Å². The number of carbonyl (C=O) groups is 2. The number of nitrogens with zero attached hydrogens (tertiary/aromatic N) is 1. The smallest absolute Gasteiger partial charge is 0.299 e. The molecule has 0 unspecified atom stereocenters. The molecule has 6 heteroatoms. The third-order valence-electron chi connectivity index (χ3n) is 2.99. The largest absolute Gasteiger partial charge is 0.385 e. The Morgan fingerprint density at radius 2 is 1.84 bits per heavy atom. The number of Topliss-reactive ketones (excluding diaryl/α,β-unsaturated/α-hetero) is 1. The summed E-state index contributed by atoms with van der Waals surface area (Å²) in [7, 11) is 1.57. The molecule has 0 saturated carbocycles. The van der Waals surface area contributed by atoms with Gasteiger partial charge in [-0.25, -0.2) is 8.78 Å². The molecule has 0 aromatic heterocycles. The van der Waals surface area contributed by atoms with Gasteiger partial charge in [-0.2, -0.15) is 0 Å². The lowest BCUT2D eigenvalue weighted by Gasteiger charge is -2.16. The molecule has 102 valence electrons. The first kappa shape index (κ1) is 13.6. The second-order valence-corrected chi connectivity index (χ2v) is 4.27. The number of halogens is 2. The van der Waals surface area contributed by atoms with E-state index in [-0.39, 0.29) is 17.8 Å². The quantitative estimate of drug-likeness (QED) is 0.606. The van der Waals surface area contributed by atoms with Crippen molar-refractivity contribution in [2.75, 3.05) is 25.2 Å². The van der Waals surface area contributed by atoms with Crippen LogP contribution in [0.4, 0.5) is 14.5 Å². The summed E-state index contributed by atoms with van der Waals surface area (Å²) < 4.78 is 31.2. The zero-order chi connectivity index (χ0) is 14.0. The Morgan fingerprint density at radius 1 is 1.16 bits per heavy atom. The van der Waals surface area contributed by atoms with Crippen LogP contribution in [0.2, 0.25) is 0 Å². The van der Waals surface area contributed by atoms with Crippen LogP contribution in [-0.2, 0) is 9.53 Å². The number of rotatable bonds is 5. The standard InChI is InChI=1S/C13H13F2NO3/c1-19-5-3-2-4-16-11-7-10(15)9(14)6-8(11)12(17)13(16)18/h6-7H,2-5H2,1H3. The predicted octanol–water partition coefficient (Wildman–Crippen LogP) is 1.92. The van der Waals surface area contributed by atoms with E-state index >= 15 is 0 Å². The highest BCUT2D eigenvalue weighted by molar-refractivity contribution is 6.52. The van der Waals surface area contributed by atoms with Crippen LogP contribution in [0.3, 0.4) is 0 Å². The van der Waals surface area contributed by atoms with Gasteiger partial charge in [-0.1, -0.05) is 0 Å². The summed E-state index contributed by atoms with van der Waals surface area (Å²) in [5.41, 5.74) is 0.0713. The Morgan fingerprint density at radius 3 is 2.53 bits per heavy atom. The van der Waals surface area contributed by atoms with Crippen molar-refractivity contribution >= 4 is 17.4 Å². The second kappa shape index (κ2) is 5.44. The first-order chi connectivity index (χ1) is 9.06. The molecule has 1 amide bonds. The van der Waals surface area contributed by atoms with Gasteiger partial charge in [0, 0.05) is 26.3 Å². The molecule has 1 aromatic rings. The SMILES string of the molecule is COCCCCN1C(=O)C(=O)c2cc(F)c(F)cc21. The molecular formula is C13H13F2NO3. The first-order valence-corrected chi connectivity index (χ1v) is 5.90. The fraction of sp³-hybridized carbons (Fsp3) is 0.385. The molecule has 0 atom stereocenters. The molecule has 0 fully saturated rings. The van der Waals surface area contributed by atoms with Crippen LogP contribution < -0.4 is 4.90 Å². The third-order valence-corrected chi connectivity index (χ3v) is 2.99. The molecule has 0 spiro atoms. The number of hydrogen-bond acceptors (Lipinski definition) is 3. The van der Waals surface area contributed by atoms with Crippen LogP contribution in [0.25, 0.3) is 0 Å². The maximum Gasteiger partial charge on any atom is 0.299 e. The Kier molecular flexibility index (Phi) is 3.90. The highest BCUT2D eigenvalue weighted by Gasteiger charge is 2.36. The van der Waals surface area contributed by atoms with Gasteiger partial charge >= 0.3 is 0 Å². The number of carbonyl (C=O) groups excluding carboxylic acids is 2. The van der Waals surface area contributed by atoms with Gasteiger partial charge in [0.05, 0.1) is 11.3 Å². The van der Waals surface area contributed by atoms with Crippen LogP contribution in [-0.4, -0.2) is 32.0 Å². The van der Waals surface area contributed by atoms with Gasteiger partial charge in [-0.05, 0) is 18.9 Å². The highest BCUT2D eigenvalue weighted by Crippen LogP contribution is 2.31. The van der Waals surface area contributed by atoms with E-state index in [1.165, 1.54) is 4.90 Å². The van der Waals surface area contributed by atoms with Crippen LogP contribution in [0.5, 0.6) is 0 Å². The monoisotopic (exact) mass is 269 g/mol. The molecule has 0 bridgehead atoms. The summed E-state index contributed by atoms with van der Waals surface area (Å²) in [6.07, 6.45) is 1.33. The van der Waals surface area contributed by atoms with E-state index in [0.717, 1.165) is 12.1 Å². The topological polar surface area (TPSA) is 46.6 Å². The number of ether oxygens (including phenoxy) is 1. The maximum atomic E-state index is 13.2. The number of methoxy groups -OCH3 is 1. The molecule has 0 radical (unpaired) electrons. The number of fused-ring (bicyclic) bond motifs is 1. The molecule has 19 heavy (non-hydrogen) atoms. The van der Waals surface area contributed by atoms with Gasteiger partial charge < -0.3 is 9.64 Å². The normalized spacial score (nSPS) is 14.2. The lowest BCUT2D eigenvalue weighted by Crippen LogP contribution is -2.30. The fourth-order valence-corrected chi connectivity index (χ4v) is 2.03. The molecule has 4 nitrogen and oxygen atoms in total. The van der Waals surface area contributed by atoms with Gasteiger partial charge in [0.25, 0.3) is 11.7 Å². The van der Waals surface area contributed by atoms with Crippen molar-refractivity contribution in [2.24, 2.45) is 0 Å². The van der Waals surface area contributed by atoms with Gasteiger partial charge in [-0.3, -0.25) is 9.59 Å². The van der Waals surface area contributed by atoms with Crippen molar-refractivity contribution in [1.29, 1.82) is 0 Å². The van der Waals surface area contributed by atoms with Crippen molar-refractivity contribution in [3.05, 3.63) is 29.3 Å². The average Bonchev–Trinajstić information content (AvgIpc) is 2.60. The molecule has 2 rings (SSSR count). The zero-order valence-electron chi connectivity index (χ0n) is 10.4. The van der Waals surface area contributed by atoms with E-state index in [2.05, 4.69) is 0 Å². The minimum absolute atomic E-state index is 0.0735. The van der Waals surface area contributed by atoms with Crippen LogP contribution in [0.1, 0.15) is 23.2 Å². The van der Waals surface area contributed by atoms with Gasteiger partial charge in [0.15, 0.2) is 11.6 Å². The fourth-order valence-electron chi connectivity index (χ4n) is 2.03. The van der Waals surface area contributed by atoms with Crippen molar-refractivity contribution < 1.29 is 23.1 Å². The van der Waals surface area contributed by atoms with Gasteiger partial charge in [0.2, 0.25) is 0 Å². The summed E-state index contributed by atoms with van der Waals surface area (Å²) in [6.45, 7) is 0.826. The van der Waals surface area contributed by atoms with Crippen molar-refractivity contribution in [3.8, 4) is 0 Å². The van der Waals surface area contributed by atoms with Crippen LogP contribution >= 0.6 is 0 Å². The number of anilines is 1. The molecule has 1 aromatic carbocycles. The lowest BCUT2D eigenvalue weighted by molar-refractivity contribution is -0.114. The van der Waals surface area contributed by atoms with Crippen LogP contribution in [0, 0.1) is 11.6 Å². The highest BCUT2D eigenvalue weighted by atomic mass is 19.2. The molecule has 1 heterocycles. The van der Waals surface area contributed by atoms with Crippen molar-refractivity contribution in [3.63, 3.8) is 0 Å². The molecule has 0 aliphatic carbocycles. The van der Waals surface area contributed by atoms with Crippen molar-refractivity contribution in [1.82, 2.24) is 0 Å². The van der Waals surface area contributed by atoms with Gasteiger partial charge in [-0.15, -0.1) is 0 Å². The second-order valence-electron chi connectivity index (χ2n) is 4.27. The van der Waals surface area contributed by atoms with Crippen molar-refractivity contribution in [2.45, 2.75) is 12.8 Å². The van der Waals surface area contributed by atoms with Gasteiger partial charge in [0.1, 0.15) is 0 Å². The molecule has 0 N–H and O–H groups in total. The number of benzene rings is 1. The number of hydrogen-bond donors (Lipinski definition) is 0. The van der Waals surface area contributed by atoms with E-state index in [9.17, 15) is 18.4 Å². The van der Waals surface area contributed by atoms with E-state index in [4.69, 9.17) is 4.74 Å². The summed E-state index contributed by atoms with van der Waals surface area (Å²) in [6, 6.07) is 1.67. The summed E-state index contributed by atoms with van der Waals surface area (Å²) in [4.78, 5) is 24.6. The third kappa shape index (κ3) is 2.49. The summed E-state index contributed by atoms with van der Waals surface area (Å²) in [5.74, 6) is -3.72. The predicted molar refractivity (Wildman–Crippen MR) is 64.2 cm³/mol. The first-order valence-electron chi connectivity index (χ1n) is 5.90. The van der Waals surface area contributed by atoms with E-state index < -0.39 is 23.3 Å². The average molecular weight is 269 g/mol. The molecular weight excluding hydrogens is 256 g/mol. The maximum absolute atomic E-state index is 13.2. The summed E-state index contributed by atoms with van der Waals surface area (Å²) in [5, 5.41) is 0. The van der Waals surface area contributed by atoms with E-state index in [1.807, 2.05) is 0 Å². The minimum atomic E-state index is -1.12. The minimum Gasteiger partial charge on any atom is -0.385 e. The molecule has 1 aliphatic heterocycles. The Balaban J connectivity index is 2.21. The zero-order valence-corrected chi connectivity index (χ0v) is 10.4.